The van der Waals surface area contributed by atoms with E-state index in [9.17, 15) is 13.2 Å². The molecule has 3 aromatic carbocycles. The highest BCUT2D eigenvalue weighted by molar-refractivity contribution is 9.10. The molecule has 0 saturated heterocycles. The number of nitrogens with zero attached hydrogens (tertiary/aromatic N) is 4. The number of nitrogens with one attached hydrogen (secondary N) is 1. The third-order valence-corrected chi connectivity index (χ3v) is 5.87. The summed E-state index contributed by atoms with van der Waals surface area (Å²) in [7, 11) is 1.87. The van der Waals surface area contributed by atoms with Gasteiger partial charge in [-0.1, -0.05) is 58.4 Å². The smallest absolute Gasteiger partial charge is 0.338 e. The van der Waals surface area contributed by atoms with E-state index in [0.29, 0.717) is 16.9 Å². The van der Waals surface area contributed by atoms with Crippen LogP contribution in [0.25, 0.3) is 44.9 Å². The van der Waals surface area contributed by atoms with Crippen molar-refractivity contribution in [2.45, 2.75) is 6.18 Å². The number of hydrogen-bond donors (Lipinski definition) is 1. The first-order valence-electron chi connectivity index (χ1n) is 9.62. The lowest BCUT2D eigenvalue weighted by Crippen LogP contribution is -2.07. The van der Waals surface area contributed by atoms with Crippen molar-refractivity contribution in [3.8, 4) is 33.9 Å². The van der Waals surface area contributed by atoms with E-state index in [2.05, 4.69) is 36.1 Å². The first-order chi connectivity index (χ1) is 15.3. The van der Waals surface area contributed by atoms with Gasteiger partial charge in [0.2, 0.25) is 0 Å². The van der Waals surface area contributed by atoms with Gasteiger partial charge < -0.3 is 9.55 Å². The topological polar surface area (TPSA) is 59.4 Å². The molecule has 0 radical (unpaired) electrons. The van der Waals surface area contributed by atoms with E-state index in [4.69, 9.17) is 0 Å². The minimum absolute atomic E-state index is 0.0399. The number of aryl methyl sites for hydroxylation is 1. The summed E-state index contributed by atoms with van der Waals surface area (Å²) in [6.45, 7) is 0. The molecule has 0 atom stereocenters. The number of aromatic nitrogens is 5. The zero-order chi connectivity index (χ0) is 22.5. The van der Waals surface area contributed by atoms with Crippen LogP contribution in [0.3, 0.4) is 0 Å². The number of aromatic amines is 1. The summed E-state index contributed by atoms with van der Waals surface area (Å²) >= 11 is 3.01. The van der Waals surface area contributed by atoms with Crippen molar-refractivity contribution >= 4 is 27.0 Å². The molecule has 2 aromatic heterocycles. The zero-order valence-corrected chi connectivity index (χ0v) is 18.2. The molecule has 0 aliphatic heterocycles. The maximum Gasteiger partial charge on any atom is 0.419 e. The molecule has 0 aliphatic carbocycles. The van der Waals surface area contributed by atoms with Gasteiger partial charge in [0, 0.05) is 22.6 Å². The fraction of sp³-hybridized carbons (Fsp3) is 0.0870. The summed E-state index contributed by atoms with van der Waals surface area (Å²) in [6.07, 6.45) is -2.89. The minimum Gasteiger partial charge on any atom is -0.338 e. The third-order valence-electron chi connectivity index (χ3n) is 5.21. The molecule has 5 aromatic rings. The Bertz CT molecular complexity index is 1450. The summed E-state index contributed by atoms with van der Waals surface area (Å²) in [5.41, 5.74) is 2.81. The van der Waals surface area contributed by atoms with Gasteiger partial charge in [-0.15, -0.1) is 10.2 Å². The van der Waals surface area contributed by atoms with Crippen LogP contribution in [0, 0.1) is 0 Å². The Balaban J connectivity index is 1.64. The van der Waals surface area contributed by atoms with Gasteiger partial charge in [0.1, 0.15) is 17.7 Å². The quantitative estimate of drug-likeness (QED) is 0.310. The second-order valence-corrected chi connectivity index (χ2v) is 8.15. The molecule has 0 spiro atoms. The number of alkyl halides is 3. The number of benzene rings is 3. The first kappa shape index (κ1) is 20.4. The van der Waals surface area contributed by atoms with Crippen molar-refractivity contribution in [1.82, 2.24) is 24.7 Å². The molecule has 0 aliphatic rings. The van der Waals surface area contributed by atoms with E-state index >= 15 is 0 Å². The maximum atomic E-state index is 13.6. The lowest BCUT2D eigenvalue weighted by molar-refractivity contribution is -0.137. The predicted molar refractivity (Wildman–Crippen MR) is 120 cm³/mol. The summed E-state index contributed by atoms with van der Waals surface area (Å²) in [4.78, 5) is 7.32. The number of imidazole rings is 1. The molecule has 0 amide bonds. The number of fused-ring (bicyclic) bond motifs is 1. The Hall–Kier alpha value is -3.46. The highest BCUT2D eigenvalue weighted by atomic mass is 79.9. The van der Waals surface area contributed by atoms with Gasteiger partial charge in [0.15, 0.2) is 5.82 Å². The van der Waals surface area contributed by atoms with Gasteiger partial charge >= 0.3 is 6.18 Å². The Kier molecular flexibility index (Phi) is 4.85. The van der Waals surface area contributed by atoms with Crippen LogP contribution in [0.4, 0.5) is 13.2 Å². The molecule has 5 rings (SSSR count). The van der Waals surface area contributed by atoms with Crippen LogP contribution in [0.1, 0.15) is 5.56 Å². The van der Waals surface area contributed by atoms with E-state index < -0.39 is 11.7 Å². The highest BCUT2D eigenvalue weighted by Crippen LogP contribution is 2.40. The van der Waals surface area contributed by atoms with Crippen molar-refractivity contribution in [1.29, 1.82) is 0 Å². The van der Waals surface area contributed by atoms with Crippen LogP contribution in [-0.2, 0) is 13.2 Å². The SMILES string of the molecule is Cn1cnnc1-c1ccccc1-c1cccc(-c2nc3c(C(F)(F)F)c(Br)ccc3[nH]2)c1. The predicted octanol–water partition coefficient (Wildman–Crippen LogP) is 6.47. The van der Waals surface area contributed by atoms with Crippen LogP contribution in [-0.4, -0.2) is 24.7 Å². The van der Waals surface area contributed by atoms with Crippen LogP contribution >= 0.6 is 15.9 Å². The molecule has 0 bridgehead atoms. The van der Waals surface area contributed by atoms with Crippen molar-refractivity contribution in [3.05, 3.63) is 77.0 Å². The van der Waals surface area contributed by atoms with Crippen LogP contribution in [0.5, 0.6) is 0 Å². The Labute approximate surface area is 189 Å². The van der Waals surface area contributed by atoms with Crippen molar-refractivity contribution in [3.63, 3.8) is 0 Å². The monoisotopic (exact) mass is 497 g/mol. The highest BCUT2D eigenvalue weighted by Gasteiger charge is 2.36. The lowest BCUT2D eigenvalue weighted by atomic mass is 9.97. The largest absolute Gasteiger partial charge is 0.419 e. The molecular weight excluding hydrogens is 483 g/mol. The van der Waals surface area contributed by atoms with Crippen molar-refractivity contribution in [2.75, 3.05) is 0 Å². The average molecular weight is 498 g/mol. The molecule has 0 saturated carbocycles. The number of halogens is 4. The van der Waals surface area contributed by atoms with Crippen LogP contribution in [0.2, 0.25) is 0 Å². The van der Waals surface area contributed by atoms with Gasteiger partial charge in [-0.25, -0.2) is 4.98 Å². The zero-order valence-electron chi connectivity index (χ0n) is 16.7. The Morgan fingerprint density at radius 2 is 1.69 bits per heavy atom. The molecule has 5 nitrogen and oxygen atoms in total. The maximum absolute atomic E-state index is 13.6. The molecule has 32 heavy (non-hydrogen) atoms. The molecule has 9 heteroatoms. The molecule has 160 valence electrons. The van der Waals surface area contributed by atoms with E-state index in [0.717, 1.165) is 22.5 Å². The second-order valence-electron chi connectivity index (χ2n) is 7.29. The second kappa shape index (κ2) is 7.59. The molecule has 2 heterocycles. The lowest BCUT2D eigenvalue weighted by Gasteiger charge is -2.10. The van der Waals surface area contributed by atoms with Crippen LogP contribution < -0.4 is 0 Å². The molecular formula is C23H15BrF3N5. The Morgan fingerprint density at radius 3 is 2.41 bits per heavy atom. The number of rotatable bonds is 3. The van der Waals surface area contributed by atoms with Gasteiger partial charge in [-0.05, 0) is 29.3 Å². The summed E-state index contributed by atoms with van der Waals surface area (Å²) in [5, 5.41) is 8.17. The average Bonchev–Trinajstić information content (AvgIpc) is 3.39. The minimum atomic E-state index is -4.53. The summed E-state index contributed by atoms with van der Waals surface area (Å²) in [6, 6.07) is 18.2. The van der Waals surface area contributed by atoms with Gasteiger partial charge in [0.05, 0.1) is 11.1 Å². The number of H-pyrrole nitrogens is 1. The van der Waals surface area contributed by atoms with Gasteiger partial charge in [-0.3, -0.25) is 0 Å². The fourth-order valence-electron chi connectivity index (χ4n) is 3.75. The summed E-state index contributed by atoms with van der Waals surface area (Å²) < 4.78 is 42.6. The van der Waals surface area contributed by atoms with E-state index in [1.807, 2.05) is 60.1 Å². The van der Waals surface area contributed by atoms with E-state index in [1.54, 1.807) is 12.4 Å². The summed E-state index contributed by atoms with van der Waals surface area (Å²) in [5.74, 6) is 1.08. The van der Waals surface area contributed by atoms with E-state index in [1.165, 1.54) is 6.07 Å². The molecule has 1 N–H and O–H groups in total. The van der Waals surface area contributed by atoms with Gasteiger partial charge in [0.25, 0.3) is 0 Å². The number of hydrogen-bond acceptors (Lipinski definition) is 3. The third kappa shape index (κ3) is 3.48. The van der Waals surface area contributed by atoms with Crippen molar-refractivity contribution < 1.29 is 13.2 Å². The fourth-order valence-corrected chi connectivity index (χ4v) is 4.29. The van der Waals surface area contributed by atoms with E-state index in [-0.39, 0.29) is 9.99 Å². The standard InChI is InChI=1S/C23H15BrF3N5/c1-32-12-28-31-22(32)16-8-3-2-7-15(16)13-5-4-6-14(11-13)21-29-18-10-9-17(24)19(20(18)30-21)23(25,26)27/h2-12H,1H3,(H,29,30). The normalized spacial score (nSPS) is 11.9. The van der Waals surface area contributed by atoms with Crippen LogP contribution in [0.15, 0.2) is 71.5 Å². The first-order valence-corrected chi connectivity index (χ1v) is 10.4. The molecule has 0 fully saturated rings. The molecule has 0 unspecified atom stereocenters. The van der Waals surface area contributed by atoms with Gasteiger partial charge in [-0.2, -0.15) is 13.2 Å². The Morgan fingerprint density at radius 1 is 0.938 bits per heavy atom. The van der Waals surface area contributed by atoms with Crippen molar-refractivity contribution in [2.24, 2.45) is 7.05 Å².